The van der Waals surface area contributed by atoms with E-state index in [1.165, 1.54) is 0 Å². The molecular formula is C14H22N2O3S. The number of thioether (sulfide) groups is 1. The lowest BCUT2D eigenvalue weighted by Gasteiger charge is -2.44. The number of carboxylic acid groups (broad SMARTS) is 1. The largest absolute Gasteiger partial charge is 0.480 e. The fraction of sp³-hybridized carbons (Fsp3) is 0.714. The Morgan fingerprint density at radius 1 is 1.45 bits per heavy atom. The van der Waals surface area contributed by atoms with Crippen LogP contribution in [0.2, 0.25) is 0 Å². The van der Waals surface area contributed by atoms with Crippen molar-refractivity contribution in [3.05, 3.63) is 12.2 Å². The van der Waals surface area contributed by atoms with E-state index in [0.717, 1.165) is 6.42 Å². The van der Waals surface area contributed by atoms with Gasteiger partial charge in [0.05, 0.1) is 11.4 Å². The van der Waals surface area contributed by atoms with E-state index in [1.807, 2.05) is 37.8 Å². The molecule has 2 fully saturated rings. The third-order valence-electron chi connectivity index (χ3n) is 3.78. The molecule has 6 heteroatoms. The van der Waals surface area contributed by atoms with Gasteiger partial charge >= 0.3 is 5.97 Å². The number of allylic oxidation sites excluding steroid dienone is 1. The maximum Gasteiger partial charge on any atom is 0.322 e. The molecular weight excluding hydrogens is 276 g/mol. The fourth-order valence-electron chi connectivity index (χ4n) is 2.87. The molecule has 0 aromatic rings. The van der Waals surface area contributed by atoms with E-state index in [0.29, 0.717) is 13.0 Å². The second-order valence-corrected chi connectivity index (χ2v) is 7.58. The summed E-state index contributed by atoms with van der Waals surface area (Å²) in [6.45, 7) is 6.57. The van der Waals surface area contributed by atoms with Gasteiger partial charge in [-0.2, -0.15) is 0 Å². The molecule has 0 aliphatic carbocycles. The van der Waals surface area contributed by atoms with Crippen LogP contribution in [0.15, 0.2) is 12.2 Å². The zero-order valence-corrected chi connectivity index (χ0v) is 12.9. The summed E-state index contributed by atoms with van der Waals surface area (Å²) >= 11 is 1.64. The maximum atomic E-state index is 11.8. The standard InChI is InChI=1S/C14H22N2O3S/c1-4-5-6-7-10(17)15-9-8-16-11(13(18)19)14(2,3)20-12(9)16/h5-6,9,11-12H,4,7-8H2,1-3H3,(H,15,17)(H,18,19)/b6-5-/t9-,11+,12-/m1/s1. The van der Waals surface area contributed by atoms with Crippen molar-refractivity contribution in [3.63, 3.8) is 0 Å². The molecule has 0 radical (unpaired) electrons. The lowest BCUT2D eigenvalue weighted by molar-refractivity contribution is -0.146. The number of carbonyl (C=O) groups is 2. The summed E-state index contributed by atoms with van der Waals surface area (Å²) in [6, 6.07) is -0.406. The molecule has 3 atom stereocenters. The second-order valence-electron chi connectivity index (χ2n) is 5.81. The highest BCUT2D eigenvalue weighted by Crippen LogP contribution is 2.50. The number of amides is 1. The van der Waals surface area contributed by atoms with E-state index in [-0.39, 0.29) is 22.1 Å². The van der Waals surface area contributed by atoms with Crippen LogP contribution in [-0.4, -0.2) is 50.6 Å². The minimum Gasteiger partial charge on any atom is -0.480 e. The van der Waals surface area contributed by atoms with Crippen LogP contribution in [0.1, 0.15) is 33.6 Å². The van der Waals surface area contributed by atoms with Crippen LogP contribution in [0, 0.1) is 0 Å². The van der Waals surface area contributed by atoms with Gasteiger partial charge in [0.15, 0.2) is 0 Å². The van der Waals surface area contributed by atoms with E-state index in [9.17, 15) is 14.7 Å². The SMILES string of the molecule is CC/C=C\CC(=O)N[C@@H]1CN2[C@@H]1SC(C)(C)[C@@H]2C(=O)O. The first-order valence-electron chi connectivity index (χ1n) is 6.97. The van der Waals surface area contributed by atoms with Crippen molar-refractivity contribution in [2.24, 2.45) is 0 Å². The lowest BCUT2D eigenvalue weighted by Crippen LogP contribution is -2.66. The van der Waals surface area contributed by atoms with Crippen molar-refractivity contribution >= 4 is 23.6 Å². The van der Waals surface area contributed by atoms with Crippen LogP contribution in [0.3, 0.4) is 0 Å². The van der Waals surface area contributed by atoms with Crippen LogP contribution in [0.4, 0.5) is 0 Å². The topological polar surface area (TPSA) is 69.6 Å². The number of nitrogens with zero attached hydrogens (tertiary/aromatic N) is 1. The summed E-state index contributed by atoms with van der Waals surface area (Å²) in [7, 11) is 0. The Kier molecular flexibility index (Phi) is 4.44. The van der Waals surface area contributed by atoms with Gasteiger partial charge < -0.3 is 10.4 Å². The first-order valence-corrected chi connectivity index (χ1v) is 7.85. The highest BCUT2D eigenvalue weighted by molar-refractivity contribution is 8.01. The second kappa shape index (κ2) is 5.77. The molecule has 0 spiro atoms. The van der Waals surface area contributed by atoms with Gasteiger partial charge in [0.1, 0.15) is 6.04 Å². The number of aliphatic carboxylic acids is 1. The Morgan fingerprint density at radius 2 is 2.15 bits per heavy atom. The Morgan fingerprint density at radius 3 is 2.75 bits per heavy atom. The highest BCUT2D eigenvalue weighted by Gasteiger charge is 2.59. The lowest BCUT2D eigenvalue weighted by atomic mass is 9.97. The van der Waals surface area contributed by atoms with Gasteiger partial charge in [-0.05, 0) is 20.3 Å². The third-order valence-corrected chi connectivity index (χ3v) is 5.45. The van der Waals surface area contributed by atoms with Gasteiger partial charge in [-0.15, -0.1) is 11.8 Å². The minimum atomic E-state index is -0.777. The fourth-order valence-corrected chi connectivity index (χ4v) is 4.52. The summed E-state index contributed by atoms with van der Waals surface area (Å²) in [4.78, 5) is 25.1. The Bertz CT molecular complexity index is 436. The molecule has 0 bridgehead atoms. The van der Waals surface area contributed by atoms with Gasteiger partial charge in [0, 0.05) is 17.7 Å². The first kappa shape index (κ1) is 15.4. The number of nitrogens with one attached hydrogen (secondary N) is 1. The van der Waals surface area contributed by atoms with Gasteiger partial charge in [-0.25, -0.2) is 0 Å². The van der Waals surface area contributed by atoms with Crippen molar-refractivity contribution < 1.29 is 14.7 Å². The Hall–Kier alpha value is -1.01. The van der Waals surface area contributed by atoms with Crippen LogP contribution >= 0.6 is 11.8 Å². The van der Waals surface area contributed by atoms with E-state index >= 15 is 0 Å². The Labute approximate surface area is 123 Å². The van der Waals surface area contributed by atoms with Gasteiger partial charge in [-0.3, -0.25) is 14.5 Å². The molecule has 2 aliphatic rings. The summed E-state index contributed by atoms with van der Waals surface area (Å²) in [6.07, 6.45) is 5.17. The van der Waals surface area contributed by atoms with E-state index in [1.54, 1.807) is 11.8 Å². The molecule has 0 aromatic heterocycles. The van der Waals surface area contributed by atoms with E-state index in [2.05, 4.69) is 5.32 Å². The molecule has 1 amide bonds. The average molecular weight is 298 g/mol. The molecule has 2 N–H and O–H groups in total. The predicted molar refractivity (Wildman–Crippen MR) is 79.6 cm³/mol. The summed E-state index contributed by atoms with van der Waals surface area (Å²) in [5.41, 5.74) is 0. The van der Waals surface area contributed by atoms with Crippen molar-refractivity contribution in [2.45, 2.75) is 55.8 Å². The summed E-state index contributed by atoms with van der Waals surface area (Å²) in [5.74, 6) is -0.766. The number of rotatable bonds is 5. The highest BCUT2D eigenvalue weighted by atomic mass is 32.2. The number of fused-ring (bicyclic) bond motifs is 1. The molecule has 2 aliphatic heterocycles. The normalized spacial score (nSPS) is 31.9. The average Bonchev–Trinajstić information content (AvgIpc) is 2.55. The number of hydrogen-bond donors (Lipinski definition) is 2. The molecule has 0 aromatic carbocycles. The van der Waals surface area contributed by atoms with Crippen molar-refractivity contribution in [1.29, 1.82) is 0 Å². The number of carboxylic acids is 1. The predicted octanol–water partition coefficient (Wildman–Crippen LogP) is 1.45. The molecule has 2 rings (SSSR count). The summed E-state index contributed by atoms with van der Waals surface area (Å²) in [5, 5.41) is 12.4. The quantitative estimate of drug-likeness (QED) is 0.752. The van der Waals surface area contributed by atoms with Crippen LogP contribution < -0.4 is 5.32 Å². The van der Waals surface area contributed by atoms with Crippen molar-refractivity contribution in [1.82, 2.24) is 10.2 Å². The number of hydrogen-bond acceptors (Lipinski definition) is 4. The molecule has 2 heterocycles. The zero-order chi connectivity index (χ0) is 14.9. The Balaban J connectivity index is 1.90. The molecule has 20 heavy (non-hydrogen) atoms. The molecule has 0 unspecified atom stereocenters. The van der Waals surface area contributed by atoms with Crippen molar-refractivity contribution in [3.8, 4) is 0 Å². The van der Waals surface area contributed by atoms with Crippen molar-refractivity contribution in [2.75, 3.05) is 6.54 Å². The smallest absolute Gasteiger partial charge is 0.322 e. The third kappa shape index (κ3) is 2.86. The zero-order valence-electron chi connectivity index (χ0n) is 12.1. The monoisotopic (exact) mass is 298 g/mol. The maximum absolute atomic E-state index is 11.8. The van der Waals surface area contributed by atoms with Crippen LogP contribution in [-0.2, 0) is 9.59 Å². The van der Waals surface area contributed by atoms with Gasteiger partial charge in [-0.1, -0.05) is 19.1 Å². The number of carbonyl (C=O) groups excluding carboxylic acids is 1. The van der Waals surface area contributed by atoms with Gasteiger partial charge in [0.25, 0.3) is 0 Å². The first-order chi connectivity index (χ1) is 9.36. The minimum absolute atomic E-state index is 0.0107. The van der Waals surface area contributed by atoms with Crippen LogP contribution in [0.5, 0.6) is 0 Å². The molecule has 112 valence electrons. The van der Waals surface area contributed by atoms with Gasteiger partial charge in [0.2, 0.25) is 5.91 Å². The molecule has 2 saturated heterocycles. The van der Waals surface area contributed by atoms with Crippen LogP contribution in [0.25, 0.3) is 0 Å². The van der Waals surface area contributed by atoms with E-state index in [4.69, 9.17) is 0 Å². The molecule has 5 nitrogen and oxygen atoms in total. The summed E-state index contributed by atoms with van der Waals surface area (Å²) < 4.78 is -0.321. The molecule has 0 saturated carbocycles. The van der Waals surface area contributed by atoms with E-state index < -0.39 is 12.0 Å².